The summed E-state index contributed by atoms with van der Waals surface area (Å²) in [4.78, 5) is 11.2. The minimum Gasteiger partial charge on any atom is -0.388 e. The Morgan fingerprint density at radius 2 is 1.43 bits per heavy atom. The molecule has 35 heavy (non-hydrogen) atoms. The Morgan fingerprint density at radius 1 is 0.886 bits per heavy atom. The lowest BCUT2D eigenvalue weighted by Gasteiger charge is -2.42. The molecule has 1 aliphatic heterocycles. The fourth-order valence-corrected chi connectivity index (χ4v) is 5.58. The standard InChI is InChI=1S/C31H37NO3/c1-29(2,24-11-7-5-8-12-24)20-31(34,21-30(3,4)25-13-9-6-10-14-25)22-32-26-15-16-27-23(17-26)19-35-28(27)18-33/h5-18,28,32,34H,19-22H2,1-4H3. The molecule has 1 heterocycles. The number of carbonyl (C=O) groups is 1. The molecule has 0 aromatic heterocycles. The molecule has 0 radical (unpaired) electrons. The Morgan fingerprint density at radius 3 is 1.94 bits per heavy atom. The van der Waals surface area contributed by atoms with E-state index in [2.05, 4.69) is 81.5 Å². The number of aldehydes is 1. The lowest BCUT2D eigenvalue weighted by molar-refractivity contribution is -0.117. The average Bonchev–Trinajstić information content (AvgIpc) is 3.26. The van der Waals surface area contributed by atoms with E-state index in [0.717, 1.165) is 23.1 Å². The molecule has 4 heteroatoms. The molecule has 0 amide bonds. The maximum Gasteiger partial charge on any atom is 0.153 e. The van der Waals surface area contributed by atoms with Gasteiger partial charge in [-0.15, -0.1) is 0 Å². The first-order chi connectivity index (χ1) is 16.6. The van der Waals surface area contributed by atoms with Crippen LogP contribution in [0.15, 0.2) is 78.9 Å². The van der Waals surface area contributed by atoms with Gasteiger partial charge >= 0.3 is 0 Å². The zero-order valence-electron chi connectivity index (χ0n) is 21.3. The first-order valence-corrected chi connectivity index (χ1v) is 12.4. The van der Waals surface area contributed by atoms with Crippen molar-refractivity contribution in [3.8, 4) is 0 Å². The number of rotatable bonds is 10. The largest absolute Gasteiger partial charge is 0.388 e. The molecule has 2 N–H and O–H groups in total. The maximum atomic E-state index is 12.2. The highest BCUT2D eigenvalue weighted by molar-refractivity contribution is 5.64. The Labute approximate surface area is 209 Å². The van der Waals surface area contributed by atoms with Crippen LogP contribution in [0, 0.1) is 0 Å². The molecule has 4 nitrogen and oxygen atoms in total. The molecule has 1 aliphatic rings. The van der Waals surface area contributed by atoms with Crippen molar-refractivity contribution in [2.24, 2.45) is 0 Å². The first-order valence-electron chi connectivity index (χ1n) is 12.4. The quantitative estimate of drug-likeness (QED) is 0.339. The van der Waals surface area contributed by atoms with Crippen LogP contribution >= 0.6 is 0 Å². The zero-order valence-corrected chi connectivity index (χ0v) is 21.3. The predicted molar refractivity (Wildman–Crippen MR) is 142 cm³/mol. The van der Waals surface area contributed by atoms with Gasteiger partial charge in [-0.1, -0.05) is 94.4 Å². The second-order valence-corrected chi connectivity index (χ2v) is 11.2. The molecule has 0 spiro atoms. The van der Waals surface area contributed by atoms with Crippen LogP contribution < -0.4 is 5.32 Å². The number of hydrogen-bond acceptors (Lipinski definition) is 4. The molecule has 0 aliphatic carbocycles. The van der Waals surface area contributed by atoms with E-state index in [1.165, 1.54) is 11.1 Å². The third kappa shape index (κ3) is 5.83. The van der Waals surface area contributed by atoms with Crippen LogP contribution in [0.3, 0.4) is 0 Å². The van der Waals surface area contributed by atoms with E-state index in [1.807, 2.05) is 30.3 Å². The van der Waals surface area contributed by atoms with Gasteiger partial charge in [-0.2, -0.15) is 0 Å². The van der Waals surface area contributed by atoms with E-state index in [1.54, 1.807) is 0 Å². The van der Waals surface area contributed by atoms with Crippen molar-refractivity contribution in [1.29, 1.82) is 0 Å². The fourth-order valence-electron chi connectivity index (χ4n) is 5.58. The summed E-state index contributed by atoms with van der Waals surface area (Å²) < 4.78 is 5.56. The first kappa shape index (κ1) is 25.2. The lowest BCUT2D eigenvalue weighted by atomic mass is 9.68. The van der Waals surface area contributed by atoms with Crippen molar-refractivity contribution >= 4 is 12.0 Å². The number of fused-ring (bicyclic) bond motifs is 1. The van der Waals surface area contributed by atoms with Gasteiger partial charge < -0.3 is 20.0 Å². The van der Waals surface area contributed by atoms with E-state index < -0.39 is 11.7 Å². The summed E-state index contributed by atoms with van der Waals surface area (Å²) in [5.74, 6) is 0. The van der Waals surface area contributed by atoms with Crippen LogP contribution in [0.1, 0.15) is 68.9 Å². The van der Waals surface area contributed by atoms with Gasteiger partial charge in [0.25, 0.3) is 0 Å². The van der Waals surface area contributed by atoms with Crippen molar-refractivity contribution < 1.29 is 14.6 Å². The Balaban J connectivity index is 1.59. The van der Waals surface area contributed by atoms with E-state index in [-0.39, 0.29) is 10.8 Å². The smallest absolute Gasteiger partial charge is 0.153 e. The molecule has 0 fully saturated rings. The molecule has 0 saturated carbocycles. The molecule has 0 saturated heterocycles. The Hall–Kier alpha value is -2.95. The summed E-state index contributed by atoms with van der Waals surface area (Å²) in [5, 5.41) is 15.7. The highest BCUT2D eigenvalue weighted by atomic mass is 16.5. The van der Waals surface area contributed by atoms with Gasteiger partial charge in [0, 0.05) is 12.2 Å². The van der Waals surface area contributed by atoms with Crippen LogP contribution in [0.5, 0.6) is 0 Å². The number of ether oxygens (including phenoxy) is 1. The molecular weight excluding hydrogens is 434 g/mol. The highest BCUT2D eigenvalue weighted by Gasteiger charge is 2.40. The van der Waals surface area contributed by atoms with Crippen molar-refractivity contribution in [2.45, 2.75) is 69.7 Å². The summed E-state index contributed by atoms with van der Waals surface area (Å²) in [7, 11) is 0. The highest BCUT2D eigenvalue weighted by Crippen LogP contribution is 2.40. The van der Waals surface area contributed by atoms with Gasteiger partial charge in [0.15, 0.2) is 6.29 Å². The minimum atomic E-state index is -0.973. The lowest BCUT2D eigenvalue weighted by Crippen LogP contribution is -2.46. The SMILES string of the molecule is CC(C)(CC(O)(CNc1ccc2c(c1)COC2C=O)CC(C)(C)c1ccccc1)c1ccccc1. The van der Waals surface area contributed by atoms with Crippen molar-refractivity contribution in [3.05, 3.63) is 101 Å². The Bertz CT molecular complexity index is 1080. The van der Waals surface area contributed by atoms with Crippen LogP contribution in [-0.2, 0) is 27.0 Å². The number of carbonyl (C=O) groups excluding carboxylic acids is 1. The molecule has 184 valence electrons. The summed E-state index contributed by atoms with van der Waals surface area (Å²) in [6, 6.07) is 26.8. The normalized spacial score (nSPS) is 16.1. The minimum absolute atomic E-state index is 0.215. The van der Waals surface area contributed by atoms with Gasteiger partial charge in [-0.05, 0) is 58.1 Å². The van der Waals surface area contributed by atoms with E-state index >= 15 is 0 Å². The van der Waals surface area contributed by atoms with Gasteiger partial charge in [-0.3, -0.25) is 0 Å². The number of nitrogens with one attached hydrogen (secondary N) is 1. The molecule has 3 aromatic carbocycles. The zero-order chi connectivity index (χ0) is 25.1. The van der Waals surface area contributed by atoms with E-state index in [4.69, 9.17) is 4.74 Å². The van der Waals surface area contributed by atoms with Crippen LogP contribution in [0.25, 0.3) is 0 Å². The molecular formula is C31H37NO3. The third-order valence-corrected chi connectivity index (χ3v) is 7.27. The number of anilines is 1. The molecule has 3 aromatic rings. The number of hydrogen-bond donors (Lipinski definition) is 2. The second kappa shape index (κ2) is 9.96. The summed E-state index contributed by atoms with van der Waals surface area (Å²) in [5.41, 5.74) is 3.89. The molecule has 0 bridgehead atoms. The number of benzene rings is 3. The molecule has 1 unspecified atom stereocenters. The van der Waals surface area contributed by atoms with Crippen molar-refractivity contribution in [2.75, 3.05) is 11.9 Å². The number of aliphatic hydroxyl groups is 1. The van der Waals surface area contributed by atoms with E-state index in [0.29, 0.717) is 26.0 Å². The third-order valence-electron chi connectivity index (χ3n) is 7.27. The maximum absolute atomic E-state index is 12.2. The van der Waals surface area contributed by atoms with Crippen LogP contribution in [-0.4, -0.2) is 23.5 Å². The van der Waals surface area contributed by atoms with Crippen molar-refractivity contribution in [3.63, 3.8) is 0 Å². The van der Waals surface area contributed by atoms with Gasteiger partial charge in [-0.25, -0.2) is 0 Å². The second-order valence-electron chi connectivity index (χ2n) is 11.2. The summed E-state index contributed by atoms with van der Waals surface area (Å²) >= 11 is 0. The summed E-state index contributed by atoms with van der Waals surface area (Å²) in [6.45, 7) is 9.66. The van der Waals surface area contributed by atoms with E-state index in [9.17, 15) is 9.90 Å². The summed E-state index contributed by atoms with van der Waals surface area (Å²) in [6.07, 6.45) is 1.58. The van der Waals surface area contributed by atoms with Gasteiger partial charge in [0.2, 0.25) is 0 Å². The van der Waals surface area contributed by atoms with Gasteiger partial charge in [0.05, 0.1) is 12.2 Å². The fraction of sp³-hybridized carbons (Fsp3) is 0.387. The molecule has 1 atom stereocenters. The average molecular weight is 472 g/mol. The molecule has 4 rings (SSSR count). The predicted octanol–water partition coefficient (Wildman–Crippen LogP) is 6.34. The van der Waals surface area contributed by atoms with Gasteiger partial charge in [0.1, 0.15) is 6.10 Å². The van der Waals surface area contributed by atoms with Crippen LogP contribution in [0.4, 0.5) is 5.69 Å². The van der Waals surface area contributed by atoms with Crippen molar-refractivity contribution in [1.82, 2.24) is 0 Å². The topological polar surface area (TPSA) is 58.6 Å². The monoisotopic (exact) mass is 471 g/mol. The Kier molecular flexibility index (Phi) is 7.16. The van der Waals surface area contributed by atoms with Crippen LogP contribution in [0.2, 0.25) is 0 Å².